The maximum Gasteiger partial charge on any atom is 0.105 e. The van der Waals surface area contributed by atoms with Gasteiger partial charge in [0.25, 0.3) is 0 Å². The Morgan fingerprint density at radius 2 is 2.00 bits per heavy atom. The monoisotopic (exact) mass is 289 g/mol. The van der Waals surface area contributed by atoms with Gasteiger partial charge in [-0.3, -0.25) is 4.98 Å². The standard InChI is InChI=1S/C17H15N5/c1-13-18-6-7-21(13)10-15-11-22(12-20-15)16-8-14-4-2-3-5-17(14)19-9-16/h2-9,11-12H,10H2,1H3. The van der Waals surface area contributed by atoms with Crippen molar-refractivity contribution in [1.29, 1.82) is 0 Å². The number of hydrogen-bond acceptors (Lipinski definition) is 3. The van der Waals surface area contributed by atoms with Crippen molar-refractivity contribution in [3.8, 4) is 5.69 Å². The lowest BCUT2D eigenvalue weighted by atomic mass is 10.2. The zero-order valence-corrected chi connectivity index (χ0v) is 12.2. The van der Waals surface area contributed by atoms with Crippen LogP contribution in [-0.4, -0.2) is 24.1 Å². The second-order valence-electron chi connectivity index (χ2n) is 5.26. The minimum Gasteiger partial charge on any atom is -0.329 e. The summed E-state index contributed by atoms with van der Waals surface area (Å²) in [7, 11) is 0. The molecule has 0 saturated heterocycles. The summed E-state index contributed by atoms with van der Waals surface area (Å²) in [5, 5.41) is 1.13. The Morgan fingerprint density at radius 3 is 2.86 bits per heavy atom. The largest absolute Gasteiger partial charge is 0.329 e. The molecule has 0 aliphatic heterocycles. The smallest absolute Gasteiger partial charge is 0.105 e. The van der Waals surface area contributed by atoms with Gasteiger partial charge in [-0.25, -0.2) is 9.97 Å². The first-order valence-corrected chi connectivity index (χ1v) is 7.15. The number of rotatable bonds is 3. The van der Waals surface area contributed by atoms with E-state index in [1.54, 1.807) is 6.20 Å². The second-order valence-corrected chi connectivity index (χ2v) is 5.26. The third-order valence-electron chi connectivity index (χ3n) is 3.77. The number of imidazole rings is 2. The maximum absolute atomic E-state index is 4.49. The van der Waals surface area contributed by atoms with Gasteiger partial charge < -0.3 is 9.13 Å². The minimum atomic E-state index is 0.722. The number of nitrogens with zero attached hydrogens (tertiary/aromatic N) is 5. The van der Waals surface area contributed by atoms with Gasteiger partial charge in [-0.05, 0) is 19.1 Å². The van der Waals surface area contributed by atoms with Crippen molar-refractivity contribution in [2.75, 3.05) is 0 Å². The quantitative estimate of drug-likeness (QED) is 0.582. The van der Waals surface area contributed by atoms with Crippen molar-refractivity contribution in [3.05, 3.63) is 73.0 Å². The highest BCUT2D eigenvalue weighted by Gasteiger charge is 2.05. The Morgan fingerprint density at radius 1 is 1.09 bits per heavy atom. The average Bonchev–Trinajstić information content (AvgIpc) is 3.17. The van der Waals surface area contributed by atoms with E-state index in [1.807, 2.05) is 54.6 Å². The average molecular weight is 289 g/mol. The van der Waals surface area contributed by atoms with Crippen LogP contribution >= 0.6 is 0 Å². The van der Waals surface area contributed by atoms with Gasteiger partial charge in [-0.2, -0.15) is 0 Å². The molecule has 0 amide bonds. The SMILES string of the molecule is Cc1nccn1Cc1cn(-c2cnc3ccccc3c2)cn1. The van der Waals surface area contributed by atoms with E-state index >= 15 is 0 Å². The molecule has 1 aromatic carbocycles. The lowest BCUT2D eigenvalue weighted by Gasteiger charge is -2.04. The number of pyridine rings is 1. The van der Waals surface area contributed by atoms with Gasteiger partial charge in [-0.15, -0.1) is 0 Å². The molecule has 0 fully saturated rings. The fourth-order valence-corrected chi connectivity index (χ4v) is 2.53. The lowest BCUT2D eigenvalue weighted by Crippen LogP contribution is -2.00. The molecular formula is C17H15N5. The number of aryl methyl sites for hydroxylation is 1. The molecule has 3 aromatic heterocycles. The van der Waals surface area contributed by atoms with Crippen LogP contribution in [0.25, 0.3) is 16.6 Å². The van der Waals surface area contributed by atoms with E-state index in [1.165, 1.54) is 0 Å². The molecule has 4 rings (SSSR count). The molecule has 22 heavy (non-hydrogen) atoms. The van der Waals surface area contributed by atoms with Gasteiger partial charge in [0.1, 0.15) is 5.82 Å². The van der Waals surface area contributed by atoms with Crippen LogP contribution in [0.4, 0.5) is 0 Å². The predicted octanol–water partition coefficient (Wildman–Crippen LogP) is 2.97. The predicted molar refractivity (Wildman–Crippen MR) is 84.9 cm³/mol. The lowest BCUT2D eigenvalue weighted by molar-refractivity contribution is 0.746. The van der Waals surface area contributed by atoms with E-state index in [4.69, 9.17) is 0 Å². The highest BCUT2D eigenvalue weighted by Crippen LogP contribution is 2.16. The van der Waals surface area contributed by atoms with E-state index in [2.05, 4.69) is 31.7 Å². The Labute approximate surface area is 127 Å². The summed E-state index contributed by atoms with van der Waals surface area (Å²) >= 11 is 0. The van der Waals surface area contributed by atoms with Crippen LogP contribution in [0.15, 0.2) is 61.4 Å². The third kappa shape index (κ3) is 2.26. The van der Waals surface area contributed by atoms with Crippen LogP contribution in [-0.2, 0) is 6.54 Å². The summed E-state index contributed by atoms with van der Waals surface area (Å²) in [5.74, 6) is 0.988. The van der Waals surface area contributed by atoms with Crippen molar-refractivity contribution in [1.82, 2.24) is 24.1 Å². The number of benzene rings is 1. The first-order valence-electron chi connectivity index (χ1n) is 7.15. The fourth-order valence-electron chi connectivity index (χ4n) is 2.53. The molecule has 0 atom stereocenters. The molecule has 0 saturated carbocycles. The summed E-state index contributed by atoms with van der Waals surface area (Å²) in [5.41, 5.74) is 3.01. The van der Waals surface area contributed by atoms with E-state index in [9.17, 15) is 0 Å². The minimum absolute atomic E-state index is 0.722. The summed E-state index contributed by atoms with van der Waals surface area (Å²) in [6, 6.07) is 10.2. The van der Waals surface area contributed by atoms with Gasteiger partial charge in [0, 0.05) is 24.0 Å². The van der Waals surface area contributed by atoms with Crippen molar-refractivity contribution in [3.63, 3.8) is 0 Å². The van der Waals surface area contributed by atoms with Crippen LogP contribution in [0.1, 0.15) is 11.5 Å². The van der Waals surface area contributed by atoms with Gasteiger partial charge in [0.2, 0.25) is 0 Å². The van der Waals surface area contributed by atoms with Crippen molar-refractivity contribution >= 4 is 10.9 Å². The molecule has 5 heteroatoms. The highest BCUT2D eigenvalue weighted by molar-refractivity contribution is 5.80. The van der Waals surface area contributed by atoms with Crippen molar-refractivity contribution in [2.45, 2.75) is 13.5 Å². The van der Waals surface area contributed by atoms with E-state index < -0.39 is 0 Å². The summed E-state index contributed by atoms with van der Waals surface area (Å²) in [4.78, 5) is 13.2. The molecule has 0 aliphatic rings. The van der Waals surface area contributed by atoms with Crippen molar-refractivity contribution in [2.24, 2.45) is 0 Å². The summed E-state index contributed by atoms with van der Waals surface area (Å²) in [6.07, 6.45) is 9.50. The van der Waals surface area contributed by atoms with Gasteiger partial charge in [0.05, 0.1) is 36.0 Å². The molecule has 0 aliphatic carbocycles. The number of hydrogen-bond donors (Lipinski definition) is 0. The van der Waals surface area contributed by atoms with Crippen molar-refractivity contribution < 1.29 is 0 Å². The Kier molecular flexibility index (Phi) is 2.96. The number of aromatic nitrogens is 5. The molecule has 108 valence electrons. The van der Waals surface area contributed by atoms with E-state index in [-0.39, 0.29) is 0 Å². The fraction of sp³-hybridized carbons (Fsp3) is 0.118. The highest BCUT2D eigenvalue weighted by atomic mass is 15.1. The van der Waals surface area contributed by atoms with Crippen LogP contribution in [0.2, 0.25) is 0 Å². The molecule has 0 radical (unpaired) electrons. The van der Waals surface area contributed by atoms with Gasteiger partial charge in [-0.1, -0.05) is 18.2 Å². The van der Waals surface area contributed by atoms with Gasteiger partial charge >= 0.3 is 0 Å². The molecule has 0 N–H and O–H groups in total. The zero-order chi connectivity index (χ0) is 14.9. The second kappa shape index (κ2) is 5.11. The van der Waals surface area contributed by atoms with Crippen LogP contribution in [0, 0.1) is 6.92 Å². The first-order chi connectivity index (χ1) is 10.8. The molecular weight excluding hydrogens is 274 g/mol. The molecule has 3 heterocycles. The Hall–Kier alpha value is -2.95. The normalized spacial score (nSPS) is 11.1. The third-order valence-corrected chi connectivity index (χ3v) is 3.77. The zero-order valence-electron chi connectivity index (χ0n) is 12.2. The number of para-hydroxylation sites is 1. The topological polar surface area (TPSA) is 48.5 Å². The Balaban J connectivity index is 1.66. The molecule has 5 nitrogen and oxygen atoms in total. The van der Waals surface area contributed by atoms with E-state index in [0.29, 0.717) is 0 Å². The van der Waals surface area contributed by atoms with Gasteiger partial charge in [0.15, 0.2) is 0 Å². The molecule has 4 aromatic rings. The molecule has 0 spiro atoms. The maximum atomic E-state index is 4.49. The molecule has 0 unspecified atom stereocenters. The molecule has 0 bridgehead atoms. The van der Waals surface area contributed by atoms with Crippen LogP contribution < -0.4 is 0 Å². The van der Waals surface area contributed by atoms with Crippen LogP contribution in [0.5, 0.6) is 0 Å². The van der Waals surface area contributed by atoms with E-state index in [0.717, 1.165) is 34.7 Å². The first kappa shape index (κ1) is 12.8. The number of fused-ring (bicyclic) bond motifs is 1. The Bertz CT molecular complexity index is 935. The summed E-state index contributed by atoms with van der Waals surface area (Å²) < 4.78 is 4.08. The summed E-state index contributed by atoms with van der Waals surface area (Å²) in [6.45, 7) is 2.71. The van der Waals surface area contributed by atoms with Crippen LogP contribution in [0.3, 0.4) is 0 Å².